The number of amides is 3. The van der Waals surface area contributed by atoms with Gasteiger partial charge in [-0.25, -0.2) is 0 Å². The molecule has 2 aliphatic rings. The van der Waals surface area contributed by atoms with Gasteiger partial charge in [0, 0.05) is 38.2 Å². The lowest BCUT2D eigenvalue weighted by Gasteiger charge is -2.37. The second-order valence-electron chi connectivity index (χ2n) is 9.03. The molecule has 3 amide bonds. The second-order valence-corrected chi connectivity index (χ2v) is 9.03. The molecule has 0 saturated carbocycles. The van der Waals surface area contributed by atoms with Gasteiger partial charge in [-0.1, -0.05) is 19.9 Å². The van der Waals surface area contributed by atoms with E-state index in [4.69, 9.17) is 4.74 Å². The Morgan fingerprint density at radius 2 is 1.74 bits per heavy atom. The number of hydrogen-bond donors (Lipinski definition) is 1. The van der Waals surface area contributed by atoms with Crippen molar-refractivity contribution in [2.75, 3.05) is 33.3 Å². The Bertz CT molecular complexity index is 781. The smallest absolute Gasteiger partial charge is 0.252 e. The third-order valence-electron chi connectivity index (χ3n) is 6.25. The van der Waals surface area contributed by atoms with Crippen LogP contribution in [0.1, 0.15) is 56.3 Å². The Balaban J connectivity index is 1.70. The summed E-state index contributed by atoms with van der Waals surface area (Å²) in [6.45, 7) is 6.85. The van der Waals surface area contributed by atoms with Crippen molar-refractivity contribution in [3.05, 3.63) is 29.8 Å². The Morgan fingerprint density at radius 3 is 2.35 bits per heavy atom. The normalized spacial score (nSPS) is 18.2. The fraction of sp³-hybridized carbons (Fsp3) is 0.625. The fourth-order valence-electron chi connectivity index (χ4n) is 4.46. The summed E-state index contributed by atoms with van der Waals surface area (Å²) < 4.78 is 5.22. The minimum Gasteiger partial charge on any atom is -0.497 e. The first-order valence-electron chi connectivity index (χ1n) is 11.4. The van der Waals surface area contributed by atoms with Crippen LogP contribution in [0.25, 0.3) is 0 Å². The van der Waals surface area contributed by atoms with E-state index in [2.05, 4.69) is 5.32 Å². The number of carbonyl (C=O) groups excluding carboxylic acids is 3. The van der Waals surface area contributed by atoms with Gasteiger partial charge in [-0.2, -0.15) is 0 Å². The Labute approximate surface area is 185 Å². The van der Waals surface area contributed by atoms with Crippen molar-refractivity contribution < 1.29 is 19.1 Å². The van der Waals surface area contributed by atoms with Gasteiger partial charge in [0.15, 0.2) is 0 Å². The number of nitrogens with zero attached hydrogens (tertiary/aromatic N) is 2. The van der Waals surface area contributed by atoms with E-state index in [1.807, 2.05) is 23.6 Å². The van der Waals surface area contributed by atoms with E-state index in [-0.39, 0.29) is 23.6 Å². The number of piperidine rings is 1. The molecule has 1 aromatic carbocycles. The molecule has 170 valence electrons. The molecule has 31 heavy (non-hydrogen) atoms. The standard InChI is InChI=1S/C24H35N3O4/c1-17(2)15-21(28)26-13-9-18(10-14-26)22(24(30)27-11-4-5-12-27)25-23(29)19-7-6-8-20(16-19)31-3/h6-8,16-18,22H,4-5,9-15H2,1-3H3,(H,25,29)/t22-/m0/s1. The highest BCUT2D eigenvalue weighted by atomic mass is 16.5. The van der Waals surface area contributed by atoms with Crippen LogP contribution in [0.2, 0.25) is 0 Å². The second kappa shape index (κ2) is 10.6. The maximum atomic E-state index is 13.3. The first kappa shape index (κ1) is 23.1. The van der Waals surface area contributed by atoms with Gasteiger partial charge in [0.2, 0.25) is 11.8 Å². The molecule has 2 heterocycles. The summed E-state index contributed by atoms with van der Waals surface area (Å²) in [7, 11) is 1.56. The van der Waals surface area contributed by atoms with Crippen LogP contribution in [0.15, 0.2) is 24.3 Å². The number of nitrogens with one attached hydrogen (secondary N) is 1. The molecule has 7 heteroatoms. The Morgan fingerprint density at radius 1 is 1.06 bits per heavy atom. The molecule has 0 spiro atoms. The molecule has 2 fully saturated rings. The zero-order valence-electron chi connectivity index (χ0n) is 18.9. The number of likely N-dealkylation sites (tertiary alicyclic amines) is 2. The lowest BCUT2D eigenvalue weighted by molar-refractivity contribution is -0.135. The van der Waals surface area contributed by atoms with E-state index < -0.39 is 6.04 Å². The van der Waals surface area contributed by atoms with E-state index in [1.165, 1.54) is 0 Å². The minimum absolute atomic E-state index is 0.000651. The van der Waals surface area contributed by atoms with Crippen molar-refractivity contribution in [3.8, 4) is 5.75 Å². The van der Waals surface area contributed by atoms with Crippen LogP contribution in [-0.2, 0) is 9.59 Å². The molecule has 2 saturated heterocycles. The molecule has 0 aromatic heterocycles. The van der Waals surface area contributed by atoms with E-state index >= 15 is 0 Å². The van der Waals surface area contributed by atoms with Crippen molar-refractivity contribution in [2.45, 2.75) is 52.0 Å². The van der Waals surface area contributed by atoms with Crippen molar-refractivity contribution in [3.63, 3.8) is 0 Å². The predicted octanol–water partition coefficient (Wildman–Crippen LogP) is 2.70. The third-order valence-corrected chi connectivity index (χ3v) is 6.25. The zero-order chi connectivity index (χ0) is 22.4. The summed E-state index contributed by atoms with van der Waals surface area (Å²) in [6, 6.07) is 6.39. The maximum Gasteiger partial charge on any atom is 0.252 e. The van der Waals surface area contributed by atoms with Gasteiger partial charge in [0.25, 0.3) is 5.91 Å². The summed E-state index contributed by atoms with van der Waals surface area (Å²) in [5, 5.41) is 3.02. The van der Waals surface area contributed by atoms with E-state index in [9.17, 15) is 14.4 Å². The van der Waals surface area contributed by atoms with Crippen molar-refractivity contribution in [2.24, 2.45) is 11.8 Å². The summed E-state index contributed by atoms with van der Waals surface area (Å²) >= 11 is 0. The molecule has 1 atom stereocenters. The fourth-order valence-corrected chi connectivity index (χ4v) is 4.46. The Kier molecular flexibility index (Phi) is 7.93. The van der Waals surface area contributed by atoms with Crippen LogP contribution in [0, 0.1) is 11.8 Å². The van der Waals surface area contributed by atoms with Gasteiger partial charge in [-0.3, -0.25) is 14.4 Å². The lowest BCUT2D eigenvalue weighted by atomic mass is 9.88. The van der Waals surface area contributed by atoms with Crippen molar-refractivity contribution >= 4 is 17.7 Å². The van der Waals surface area contributed by atoms with Gasteiger partial charge >= 0.3 is 0 Å². The molecular formula is C24H35N3O4. The molecule has 3 rings (SSSR count). The SMILES string of the molecule is COc1cccc(C(=O)N[C@H](C(=O)N2CCCC2)C2CCN(C(=O)CC(C)C)CC2)c1. The zero-order valence-corrected chi connectivity index (χ0v) is 18.9. The summed E-state index contributed by atoms with van der Waals surface area (Å²) in [5.41, 5.74) is 0.475. The van der Waals surface area contributed by atoms with Gasteiger partial charge in [0.05, 0.1) is 7.11 Å². The number of hydrogen-bond acceptors (Lipinski definition) is 4. The monoisotopic (exact) mass is 429 g/mol. The minimum atomic E-state index is -0.570. The van der Waals surface area contributed by atoms with E-state index in [0.717, 1.165) is 25.9 Å². The molecule has 0 aliphatic carbocycles. The van der Waals surface area contributed by atoms with Crippen LogP contribution in [0.4, 0.5) is 0 Å². The van der Waals surface area contributed by atoms with Crippen LogP contribution in [0.3, 0.4) is 0 Å². The van der Waals surface area contributed by atoms with Gasteiger partial charge in [-0.05, 0) is 55.7 Å². The van der Waals surface area contributed by atoms with E-state index in [1.54, 1.807) is 31.4 Å². The molecule has 1 aromatic rings. The quantitative estimate of drug-likeness (QED) is 0.723. The van der Waals surface area contributed by atoms with Crippen molar-refractivity contribution in [1.82, 2.24) is 15.1 Å². The maximum absolute atomic E-state index is 13.3. The van der Waals surface area contributed by atoms with Crippen molar-refractivity contribution in [1.29, 1.82) is 0 Å². The number of methoxy groups -OCH3 is 1. The number of ether oxygens (including phenoxy) is 1. The first-order chi connectivity index (χ1) is 14.9. The Hall–Kier alpha value is -2.57. The molecule has 0 bridgehead atoms. The highest BCUT2D eigenvalue weighted by Crippen LogP contribution is 2.25. The highest BCUT2D eigenvalue weighted by Gasteiger charge is 2.36. The molecular weight excluding hydrogens is 394 g/mol. The molecule has 0 unspecified atom stereocenters. The van der Waals surface area contributed by atoms with Gasteiger partial charge < -0.3 is 19.9 Å². The molecule has 0 radical (unpaired) electrons. The van der Waals surface area contributed by atoms with Crippen LogP contribution < -0.4 is 10.1 Å². The topological polar surface area (TPSA) is 79.0 Å². The summed E-state index contributed by atoms with van der Waals surface area (Å²) in [4.78, 5) is 42.5. The molecule has 7 nitrogen and oxygen atoms in total. The largest absolute Gasteiger partial charge is 0.497 e. The molecule has 2 aliphatic heterocycles. The first-order valence-corrected chi connectivity index (χ1v) is 11.4. The third kappa shape index (κ3) is 5.99. The number of rotatable bonds is 7. The van der Waals surface area contributed by atoms with Crippen LogP contribution in [0.5, 0.6) is 5.75 Å². The lowest BCUT2D eigenvalue weighted by Crippen LogP contribution is -2.54. The number of carbonyl (C=O) groups is 3. The van der Waals surface area contributed by atoms with Crippen LogP contribution in [-0.4, -0.2) is 66.9 Å². The van der Waals surface area contributed by atoms with Gasteiger partial charge in [0.1, 0.15) is 11.8 Å². The molecule has 1 N–H and O–H groups in total. The predicted molar refractivity (Wildman–Crippen MR) is 119 cm³/mol. The van der Waals surface area contributed by atoms with Gasteiger partial charge in [-0.15, -0.1) is 0 Å². The number of benzene rings is 1. The average Bonchev–Trinajstić information content (AvgIpc) is 3.31. The van der Waals surface area contributed by atoms with Crippen LogP contribution >= 0.6 is 0 Å². The summed E-state index contributed by atoms with van der Waals surface area (Å²) in [5.74, 6) is 0.862. The highest BCUT2D eigenvalue weighted by molar-refractivity contribution is 5.98. The van der Waals surface area contributed by atoms with E-state index in [0.29, 0.717) is 49.6 Å². The summed E-state index contributed by atoms with van der Waals surface area (Å²) in [6.07, 6.45) is 3.99. The average molecular weight is 430 g/mol.